The molecule has 2 fully saturated rings. The first-order valence-electron chi connectivity index (χ1n) is 12.1. The normalized spacial score (nSPS) is 24.7. The highest BCUT2D eigenvalue weighted by molar-refractivity contribution is 6.25. The predicted molar refractivity (Wildman–Crippen MR) is 135 cm³/mol. The largest absolute Gasteiger partial charge is 0.497 e. The lowest BCUT2D eigenvalue weighted by Gasteiger charge is -2.36. The number of carbonyl (C=O) groups is 3. The highest BCUT2D eigenvalue weighted by Gasteiger charge is 2.64. The number of para-hydroxylation sites is 1. The van der Waals surface area contributed by atoms with E-state index in [4.69, 9.17) is 14.2 Å². The Morgan fingerprint density at radius 3 is 2.49 bits per heavy atom. The van der Waals surface area contributed by atoms with Gasteiger partial charge in [-0.25, -0.2) is 4.90 Å². The Balaban J connectivity index is 1.34. The van der Waals surface area contributed by atoms with Gasteiger partial charge in [-0.3, -0.25) is 14.4 Å². The molecule has 0 spiro atoms. The van der Waals surface area contributed by atoms with Crippen LogP contribution in [-0.4, -0.2) is 43.6 Å². The molecule has 37 heavy (non-hydrogen) atoms. The molecule has 0 bridgehead atoms. The van der Waals surface area contributed by atoms with E-state index in [1.807, 2.05) is 41.3 Å². The van der Waals surface area contributed by atoms with Crippen molar-refractivity contribution in [3.8, 4) is 17.2 Å². The highest BCUT2D eigenvalue weighted by atomic mass is 16.7. The van der Waals surface area contributed by atoms with Crippen molar-refractivity contribution in [3.63, 3.8) is 0 Å². The van der Waals surface area contributed by atoms with Gasteiger partial charge in [0, 0.05) is 17.3 Å². The molecule has 0 saturated carbocycles. The summed E-state index contributed by atoms with van der Waals surface area (Å²) in [7, 11) is 1.56. The van der Waals surface area contributed by atoms with Crippen LogP contribution in [0, 0.1) is 11.8 Å². The molecule has 184 valence electrons. The second-order valence-electron chi connectivity index (χ2n) is 9.45. The van der Waals surface area contributed by atoms with Gasteiger partial charge in [0.1, 0.15) is 11.8 Å². The zero-order valence-electron chi connectivity index (χ0n) is 19.9. The lowest BCUT2D eigenvalue weighted by molar-refractivity contribution is -0.122. The van der Waals surface area contributed by atoms with Crippen molar-refractivity contribution in [1.29, 1.82) is 0 Å². The van der Waals surface area contributed by atoms with Crippen LogP contribution in [0.15, 0.2) is 72.8 Å². The number of ether oxygens (including phenoxy) is 3. The van der Waals surface area contributed by atoms with Gasteiger partial charge >= 0.3 is 0 Å². The van der Waals surface area contributed by atoms with E-state index in [-0.39, 0.29) is 24.4 Å². The number of Topliss-reactive ketones (excluding diaryl/α,β-unsaturated/α-hetero) is 1. The van der Waals surface area contributed by atoms with Crippen LogP contribution >= 0.6 is 0 Å². The third kappa shape index (κ3) is 3.05. The number of fused-ring (bicyclic) bond motifs is 6. The summed E-state index contributed by atoms with van der Waals surface area (Å²) >= 11 is 0. The molecule has 0 aliphatic carbocycles. The van der Waals surface area contributed by atoms with Gasteiger partial charge in [-0.1, -0.05) is 30.4 Å². The topological polar surface area (TPSA) is 85.4 Å². The van der Waals surface area contributed by atoms with Crippen LogP contribution in [0.1, 0.15) is 15.9 Å². The fourth-order valence-corrected chi connectivity index (χ4v) is 6.02. The van der Waals surface area contributed by atoms with E-state index in [0.29, 0.717) is 28.5 Å². The molecule has 8 heteroatoms. The van der Waals surface area contributed by atoms with E-state index in [9.17, 15) is 14.4 Å². The van der Waals surface area contributed by atoms with Gasteiger partial charge in [-0.05, 0) is 48.0 Å². The van der Waals surface area contributed by atoms with E-state index < -0.39 is 23.9 Å². The Bertz CT molecular complexity index is 1500. The molecule has 3 aromatic rings. The molecular weight excluding hydrogens is 472 g/mol. The van der Waals surface area contributed by atoms with Gasteiger partial charge in [0.2, 0.25) is 18.6 Å². The lowest BCUT2D eigenvalue weighted by atomic mass is 9.86. The number of rotatable bonds is 4. The quantitative estimate of drug-likeness (QED) is 0.404. The van der Waals surface area contributed by atoms with Gasteiger partial charge in [0.05, 0.1) is 30.7 Å². The molecule has 4 aliphatic rings. The molecule has 7 rings (SSSR count). The van der Waals surface area contributed by atoms with Crippen molar-refractivity contribution in [2.75, 3.05) is 23.7 Å². The van der Waals surface area contributed by atoms with Crippen LogP contribution in [0.2, 0.25) is 0 Å². The summed E-state index contributed by atoms with van der Waals surface area (Å²) in [5.74, 6) is -0.783. The summed E-state index contributed by atoms with van der Waals surface area (Å²) in [6, 6.07) is 18.3. The number of hydrogen-bond donors (Lipinski definition) is 0. The van der Waals surface area contributed by atoms with Crippen LogP contribution in [0.5, 0.6) is 17.2 Å². The number of ketones is 1. The number of hydrogen-bond acceptors (Lipinski definition) is 7. The van der Waals surface area contributed by atoms with Crippen molar-refractivity contribution in [3.05, 3.63) is 83.9 Å². The first-order valence-corrected chi connectivity index (χ1v) is 12.1. The summed E-state index contributed by atoms with van der Waals surface area (Å²) in [5.41, 5.74) is 2.65. The zero-order chi connectivity index (χ0) is 25.3. The fraction of sp³-hybridized carbons (Fsp3) is 0.207. The smallest absolute Gasteiger partial charge is 0.240 e. The summed E-state index contributed by atoms with van der Waals surface area (Å²) in [6.07, 6.45) is 3.91. The van der Waals surface area contributed by atoms with Crippen molar-refractivity contribution in [1.82, 2.24) is 0 Å². The number of anilines is 2. The van der Waals surface area contributed by atoms with E-state index in [0.717, 1.165) is 11.3 Å². The average molecular weight is 495 g/mol. The summed E-state index contributed by atoms with van der Waals surface area (Å²) in [4.78, 5) is 45.2. The third-order valence-corrected chi connectivity index (χ3v) is 7.67. The Morgan fingerprint density at radius 1 is 0.919 bits per heavy atom. The molecule has 0 aromatic heterocycles. The van der Waals surface area contributed by atoms with Crippen molar-refractivity contribution in [2.24, 2.45) is 11.8 Å². The number of amides is 2. The Hall–Kier alpha value is -4.59. The molecule has 8 nitrogen and oxygen atoms in total. The van der Waals surface area contributed by atoms with Gasteiger partial charge in [0.25, 0.3) is 0 Å². The Kier molecular flexibility index (Phi) is 4.66. The maximum Gasteiger partial charge on any atom is 0.240 e. The SMILES string of the molecule is COc1ccc(C(=O)[C@@H]2[C@@H]3C(=O)N(c4ccc5c(c4)OCO5)C(=O)[C@@H]3[C@H]3C=Cc4ccccc4N32)cc1. The van der Waals surface area contributed by atoms with E-state index >= 15 is 0 Å². The summed E-state index contributed by atoms with van der Waals surface area (Å²) in [6.45, 7) is 0.0889. The highest BCUT2D eigenvalue weighted by Crippen LogP contribution is 2.50. The minimum Gasteiger partial charge on any atom is -0.497 e. The third-order valence-electron chi connectivity index (χ3n) is 7.67. The van der Waals surface area contributed by atoms with Crippen molar-refractivity contribution < 1.29 is 28.6 Å². The van der Waals surface area contributed by atoms with Gasteiger partial charge < -0.3 is 19.1 Å². The number of imide groups is 1. The molecular formula is C29H22N2O6. The van der Waals surface area contributed by atoms with Crippen LogP contribution in [0.25, 0.3) is 6.08 Å². The molecule has 2 saturated heterocycles. The van der Waals surface area contributed by atoms with Crippen molar-refractivity contribution >= 4 is 35.0 Å². The minimum absolute atomic E-state index is 0.0889. The summed E-state index contributed by atoms with van der Waals surface area (Å²) in [5, 5.41) is 0. The lowest BCUT2D eigenvalue weighted by Crippen LogP contribution is -2.48. The molecule has 4 heterocycles. The number of benzene rings is 3. The van der Waals surface area contributed by atoms with Crippen LogP contribution in [0.4, 0.5) is 11.4 Å². The van der Waals surface area contributed by atoms with E-state index in [1.54, 1.807) is 49.6 Å². The maximum atomic E-state index is 14.1. The maximum absolute atomic E-state index is 14.1. The number of carbonyl (C=O) groups excluding carboxylic acids is 3. The minimum atomic E-state index is -0.843. The monoisotopic (exact) mass is 494 g/mol. The number of nitrogens with zero attached hydrogens (tertiary/aromatic N) is 2. The van der Waals surface area contributed by atoms with E-state index in [2.05, 4.69) is 0 Å². The standard InChI is InChI=1S/C29H22N2O6/c1-35-19-10-6-17(7-11-19)27(32)26-25-24(21-12-8-16-4-2-3-5-20(16)31(21)26)28(33)30(29(25)34)18-9-13-22-23(14-18)37-15-36-22/h2-14,21,24-26H,15H2,1H3/t21-,24-,25-,26+/m1/s1. The average Bonchev–Trinajstić information content (AvgIpc) is 3.61. The second kappa shape index (κ2) is 7.96. The molecule has 4 atom stereocenters. The molecule has 0 unspecified atom stereocenters. The molecule has 4 aliphatic heterocycles. The van der Waals surface area contributed by atoms with Crippen molar-refractivity contribution in [2.45, 2.75) is 12.1 Å². The number of methoxy groups -OCH3 is 1. The zero-order valence-corrected chi connectivity index (χ0v) is 19.9. The molecule has 3 aromatic carbocycles. The predicted octanol–water partition coefficient (Wildman–Crippen LogP) is 3.70. The second-order valence-corrected chi connectivity index (χ2v) is 9.45. The van der Waals surface area contributed by atoms with Gasteiger partial charge in [-0.2, -0.15) is 0 Å². The van der Waals surface area contributed by atoms with E-state index in [1.165, 1.54) is 4.90 Å². The van der Waals surface area contributed by atoms with Gasteiger partial charge in [0.15, 0.2) is 17.3 Å². The molecule has 2 amide bonds. The van der Waals surface area contributed by atoms with Gasteiger partial charge in [-0.15, -0.1) is 0 Å². The van der Waals surface area contributed by atoms with Crippen LogP contribution in [-0.2, 0) is 9.59 Å². The summed E-state index contributed by atoms with van der Waals surface area (Å²) < 4.78 is 16.1. The molecule has 0 N–H and O–H groups in total. The van der Waals surface area contributed by atoms with Crippen LogP contribution < -0.4 is 24.0 Å². The fourth-order valence-electron chi connectivity index (χ4n) is 6.02. The van der Waals surface area contributed by atoms with Crippen LogP contribution in [0.3, 0.4) is 0 Å². The first kappa shape index (κ1) is 21.7. The Labute approximate surface area is 212 Å². The first-order chi connectivity index (χ1) is 18.1. The Morgan fingerprint density at radius 2 is 1.68 bits per heavy atom. The molecule has 0 radical (unpaired) electrons.